The standard InChI is InChI=1S/C9H9N3O/c1-6-8(13-12-9(6)10)7-3-2-4-11-5-7/h2-5H,1H3,(H2,10,12). The van der Waals surface area contributed by atoms with Crippen LogP contribution in [0.25, 0.3) is 11.3 Å². The molecule has 4 nitrogen and oxygen atoms in total. The minimum absolute atomic E-state index is 0.429. The molecule has 0 radical (unpaired) electrons. The Bertz CT molecular complexity index is 408. The summed E-state index contributed by atoms with van der Waals surface area (Å²) in [6.45, 7) is 1.87. The average Bonchev–Trinajstić information content (AvgIpc) is 2.49. The number of hydrogen-bond donors (Lipinski definition) is 1. The van der Waals surface area contributed by atoms with Crippen LogP contribution in [0, 0.1) is 6.92 Å². The maximum atomic E-state index is 5.55. The second kappa shape index (κ2) is 2.90. The Labute approximate surface area is 75.4 Å². The van der Waals surface area contributed by atoms with Crippen LogP contribution in [0.4, 0.5) is 5.82 Å². The van der Waals surface area contributed by atoms with Gasteiger partial charge in [0.1, 0.15) is 0 Å². The first-order valence-corrected chi connectivity index (χ1v) is 3.91. The van der Waals surface area contributed by atoms with Crippen LogP contribution in [0.15, 0.2) is 29.0 Å². The van der Waals surface area contributed by atoms with E-state index in [1.807, 2.05) is 19.1 Å². The molecule has 0 bridgehead atoms. The third-order valence-electron chi connectivity index (χ3n) is 1.88. The predicted octanol–water partition coefficient (Wildman–Crippen LogP) is 1.63. The lowest BCUT2D eigenvalue weighted by Gasteiger charge is -1.94. The third-order valence-corrected chi connectivity index (χ3v) is 1.88. The fraction of sp³-hybridized carbons (Fsp3) is 0.111. The van der Waals surface area contributed by atoms with Gasteiger partial charge in [0.25, 0.3) is 0 Å². The number of anilines is 1. The van der Waals surface area contributed by atoms with Crippen molar-refractivity contribution < 1.29 is 4.52 Å². The highest BCUT2D eigenvalue weighted by molar-refractivity contribution is 5.64. The number of rotatable bonds is 1. The molecule has 0 aliphatic carbocycles. The molecule has 0 saturated heterocycles. The number of pyridine rings is 1. The molecule has 2 N–H and O–H groups in total. The Morgan fingerprint density at radius 2 is 2.31 bits per heavy atom. The summed E-state index contributed by atoms with van der Waals surface area (Å²) in [6, 6.07) is 3.74. The Kier molecular flexibility index (Phi) is 1.73. The van der Waals surface area contributed by atoms with Gasteiger partial charge < -0.3 is 10.3 Å². The maximum absolute atomic E-state index is 5.55. The molecule has 0 aliphatic heterocycles. The fourth-order valence-corrected chi connectivity index (χ4v) is 1.11. The van der Waals surface area contributed by atoms with E-state index in [0.29, 0.717) is 11.6 Å². The van der Waals surface area contributed by atoms with Crippen molar-refractivity contribution in [2.75, 3.05) is 5.73 Å². The number of hydrogen-bond acceptors (Lipinski definition) is 4. The molecule has 0 aromatic carbocycles. The molecular formula is C9H9N3O. The molecule has 0 saturated carbocycles. The zero-order chi connectivity index (χ0) is 9.26. The van der Waals surface area contributed by atoms with E-state index in [2.05, 4.69) is 10.1 Å². The molecule has 2 heterocycles. The molecule has 0 atom stereocenters. The van der Waals surface area contributed by atoms with Crippen LogP contribution in [0.5, 0.6) is 0 Å². The van der Waals surface area contributed by atoms with Crippen molar-refractivity contribution in [1.29, 1.82) is 0 Å². The monoisotopic (exact) mass is 175 g/mol. The number of nitrogens with two attached hydrogens (primary N) is 1. The summed E-state index contributed by atoms with van der Waals surface area (Å²) in [7, 11) is 0. The highest BCUT2D eigenvalue weighted by Crippen LogP contribution is 2.25. The van der Waals surface area contributed by atoms with Gasteiger partial charge in [0.05, 0.1) is 0 Å². The molecule has 4 heteroatoms. The van der Waals surface area contributed by atoms with E-state index in [9.17, 15) is 0 Å². The first-order chi connectivity index (χ1) is 6.29. The van der Waals surface area contributed by atoms with Crippen molar-refractivity contribution in [3.63, 3.8) is 0 Å². The van der Waals surface area contributed by atoms with Gasteiger partial charge in [-0.25, -0.2) is 0 Å². The molecule has 0 aliphatic rings. The van der Waals surface area contributed by atoms with Gasteiger partial charge in [-0.3, -0.25) is 4.98 Å². The van der Waals surface area contributed by atoms with E-state index >= 15 is 0 Å². The molecular weight excluding hydrogens is 166 g/mol. The minimum atomic E-state index is 0.429. The number of aromatic nitrogens is 2. The Hall–Kier alpha value is -1.84. The maximum Gasteiger partial charge on any atom is 0.173 e. The van der Waals surface area contributed by atoms with E-state index in [4.69, 9.17) is 10.3 Å². The second-order valence-corrected chi connectivity index (χ2v) is 2.76. The summed E-state index contributed by atoms with van der Waals surface area (Å²) >= 11 is 0. The van der Waals surface area contributed by atoms with Crippen LogP contribution in [0.2, 0.25) is 0 Å². The van der Waals surface area contributed by atoms with Crippen LogP contribution in [0.1, 0.15) is 5.56 Å². The lowest BCUT2D eigenvalue weighted by Crippen LogP contribution is -1.86. The molecule has 2 rings (SSSR count). The Morgan fingerprint density at radius 3 is 2.85 bits per heavy atom. The van der Waals surface area contributed by atoms with Gasteiger partial charge in [-0.15, -0.1) is 0 Å². The van der Waals surface area contributed by atoms with Gasteiger partial charge >= 0.3 is 0 Å². The van der Waals surface area contributed by atoms with Gasteiger partial charge in [-0.1, -0.05) is 5.16 Å². The second-order valence-electron chi connectivity index (χ2n) is 2.76. The third kappa shape index (κ3) is 1.26. The van der Waals surface area contributed by atoms with Crippen molar-refractivity contribution in [1.82, 2.24) is 10.1 Å². The quantitative estimate of drug-likeness (QED) is 0.715. The van der Waals surface area contributed by atoms with Crippen LogP contribution in [0.3, 0.4) is 0 Å². The van der Waals surface area contributed by atoms with Crippen LogP contribution in [-0.2, 0) is 0 Å². The topological polar surface area (TPSA) is 64.9 Å². The van der Waals surface area contributed by atoms with Gasteiger partial charge in [0.15, 0.2) is 11.6 Å². The van der Waals surface area contributed by atoms with Gasteiger partial charge in [-0.2, -0.15) is 0 Å². The lowest BCUT2D eigenvalue weighted by molar-refractivity contribution is 0.435. The Morgan fingerprint density at radius 1 is 1.46 bits per heavy atom. The van der Waals surface area contributed by atoms with Crippen LogP contribution in [-0.4, -0.2) is 10.1 Å². The lowest BCUT2D eigenvalue weighted by atomic mass is 10.1. The van der Waals surface area contributed by atoms with Crippen LogP contribution >= 0.6 is 0 Å². The zero-order valence-corrected chi connectivity index (χ0v) is 7.19. The summed E-state index contributed by atoms with van der Waals surface area (Å²) in [5.74, 6) is 1.12. The first-order valence-electron chi connectivity index (χ1n) is 3.91. The van der Waals surface area contributed by atoms with Crippen molar-refractivity contribution in [3.8, 4) is 11.3 Å². The fourth-order valence-electron chi connectivity index (χ4n) is 1.11. The number of nitrogen functional groups attached to an aromatic ring is 1. The summed E-state index contributed by atoms with van der Waals surface area (Å²) in [4.78, 5) is 3.98. The van der Waals surface area contributed by atoms with Crippen molar-refractivity contribution in [2.24, 2.45) is 0 Å². The number of nitrogens with zero attached hydrogens (tertiary/aromatic N) is 2. The van der Waals surface area contributed by atoms with E-state index in [0.717, 1.165) is 11.1 Å². The van der Waals surface area contributed by atoms with Gasteiger partial charge in [0, 0.05) is 23.5 Å². The first kappa shape index (κ1) is 7.79. The largest absolute Gasteiger partial charge is 0.381 e. The molecule has 2 aromatic rings. The average molecular weight is 175 g/mol. The highest BCUT2D eigenvalue weighted by Gasteiger charge is 2.10. The van der Waals surface area contributed by atoms with E-state index in [-0.39, 0.29) is 0 Å². The summed E-state index contributed by atoms with van der Waals surface area (Å²) in [6.07, 6.45) is 3.42. The summed E-state index contributed by atoms with van der Waals surface area (Å²) < 4.78 is 5.07. The van der Waals surface area contributed by atoms with Crippen molar-refractivity contribution in [2.45, 2.75) is 6.92 Å². The summed E-state index contributed by atoms with van der Waals surface area (Å²) in [5.41, 5.74) is 7.30. The normalized spacial score (nSPS) is 10.2. The van der Waals surface area contributed by atoms with Gasteiger partial charge in [0.2, 0.25) is 0 Å². The highest BCUT2D eigenvalue weighted by atomic mass is 16.5. The van der Waals surface area contributed by atoms with E-state index < -0.39 is 0 Å². The molecule has 0 spiro atoms. The molecule has 66 valence electrons. The van der Waals surface area contributed by atoms with Crippen molar-refractivity contribution in [3.05, 3.63) is 30.1 Å². The van der Waals surface area contributed by atoms with E-state index in [1.165, 1.54) is 0 Å². The molecule has 2 aromatic heterocycles. The Balaban J connectivity index is 2.53. The minimum Gasteiger partial charge on any atom is -0.381 e. The predicted molar refractivity (Wildman–Crippen MR) is 48.9 cm³/mol. The smallest absolute Gasteiger partial charge is 0.173 e. The zero-order valence-electron chi connectivity index (χ0n) is 7.19. The summed E-state index contributed by atoms with van der Waals surface area (Å²) in [5, 5.41) is 3.67. The van der Waals surface area contributed by atoms with Crippen LogP contribution < -0.4 is 5.73 Å². The molecule has 0 unspecified atom stereocenters. The van der Waals surface area contributed by atoms with E-state index in [1.54, 1.807) is 12.4 Å². The van der Waals surface area contributed by atoms with Gasteiger partial charge in [-0.05, 0) is 19.1 Å². The molecule has 0 amide bonds. The molecule has 13 heavy (non-hydrogen) atoms. The van der Waals surface area contributed by atoms with Crippen molar-refractivity contribution >= 4 is 5.82 Å². The SMILES string of the molecule is Cc1c(N)noc1-c1cccnc1. The molecule has 0 fully saturated rings.